The molecule has 3 heterocycles. The number of amides is 1. The summed E-state index contributed by atoms with van der Waals surface area (Å²) in [5.74, 6) is -0.00816. The Kier molecular flexibility index (Phi) is 7.05. The minimum atomic E-state index is -0.926. The van der Waals surface area contributed by atoms with Crippen LogP contribution in [0, 0.1) is 0 Å². The third-order valence-corrected chi connectivity index (χ3v) is 6.19. The van der Waals surface area contributed by atoms with Crippen molar-refractivity contribution in [3.8, 4) is 34.4 Å². The number of nitrogens with one attached hydrogen (secondary N) is 1. The molecule has 0 bridgehead atoms. The molecule has 0 radical (unpaired) electrons. The number of methoxy groups -OCH3 is 1. The van der Waals surface area contributed by atoms with Crippen LogP contribution in [-0.2, 0) is 4.79 Å². The molecule has 1 amide bonds. The number of halogens is 1. The minimum Gasteiger partial charge on any atom is -0.493 e. The number of ether oxygens (including phenoxy) is 3. The van der Waals surface area contributed by atoms with Crippen molar-refractivity contribution < 1.29 is 28.9 Å². The molecule has 1 aliphatic heterocycles. The normalized spacial score (nSPS) is 14.1. The van der Waals surface area contributed by atoms with Crippen LogP contribution in [0.15, 0.2) is 66.9 Å². The van der Waals surface area contributed by atoms with Crippen LogP contribution in [-0.4, -0.2) is 45.9 Å². The number of anilines is 1. The summed E-state index contributed by atoms with van der Waals surface area (Å²) in [4.78, 5) is 28.4. The fourth-order valence-corrected chi connectivity index (χ4v) is 4.13. The summed E-state index contributed by atoms with van der Waals surface area (Å²) in [6, 6.07) is 16.5. The Bertz CT molecular complexity index is 1480. The van der Waals surface area contributed by atoms with Crippen molar-refractivity contribution in [3.63, 3.8) is 0 Å². The van der Waals surface area contributed by atoms with Crippen LogP contribution >= 0.6 is 11.6 Å². The van der Waals surface area contributed by atoms with E-state index in [1.165, 1.54) is 0 Å². The van der Waals surface area contributed by atoms with Crippen molar-refractivity contribution in [2.75, 3.05) is 19.0 Å². The van der Waals surface area contributed by atoms with E-state index in [0.717, 1.165) is 5.56 Å². The number of carbonyl (C=O) groups is 2. The van der Waals surface area contributed by atoms with Crippen LogP contribution in [0.4, 0.5) is 5.82 Å². The summed E-state index contributed by atoms with van der Waals surface area (Å²) in [6.07, 6.45) is 2.00. The largest absolute Gasteiger partial charge is 0.493 e. The van der Waals surface area contributed by atoms with Gasteiger partial charge in [-0.05, 0) is 55.0 Å². The molecule has 38 heavy (non-hydrogen) atoms. The Labute approximate surface area is 222 Å². The highest BCUT2D eigenvalue weighted by Gasteiger charge is 2.29. The van der Waals surface area contributed by atoms with Gasteiger partial charge in [0.25, 0.3) is 5.91 Å². The Hall–Kier alpha value is -4.70. The second-order valence-electron chi connectivity index (χ2n) is 8.32. The van der Waals surface area contributed by atoms with Gasteiger partial charge >= 0.3 is 5.97 Å². The molecule has 192 valence electrons. The number of hydrogen-bond donors (Lipinski definition) is 2. The van der Waals surface area contributed by atoms with Crippen LogP contribution in [0.5, 0.6) is 23.1 Å². The van der Waals surface area contributed by atoms with Crippen LogP contribution in [0.2, 0.25) is 5.02 Å². The zero-order valence-electron chi connectivity index (χ0n) is 20.1. The second-order valence-corrected chi connectivity index (χ2v) is 8.73. The number of fused-ring (bicyclic) bond motifs is 1. The number of carbonyl (C=O) groups excluding carboxylic acids is 1. The number of hydrogen-bond acceptors (Lipinski definition) is 8. The van der Waals surface area contributed by atoms with E-state index in [1.54, 1.807) is 67.9 Å². The number of rotatable bonds is 7. The maximum Gasteiger partial charge on any atom is 0.311 e. The molecule has 1 atom stereocenters. The maximum absolute atomic E-state index is 12.7. The van der Waals surface area contributed by atoms with E-state index in [-0.39, 0.29) is 10.9 Å². The van der Waals surface area contributed by atoms with Crippen molar-refractivity contribution >= 4 is 29.3 Å². The molecule has 0 fully saturated rings. The van der Waals surface area contributed by atoms with E-state index in [9.17, 15) is 14.7 Å². The number of benzene rings is 2. The molecule has 0 saturated heterocycles. The Morgan fingerprint density at radius 1 is 1.08 bits per heavy atom. The van der Waals surface area contributed by atoms with Crippen LogP contribution in [0.1, 0.15) is 28.3 Å². The van der Waals surface area contributed by atoms with E-state index in [4.69, 9.17) is 25.8 Å². The lowest BCUT2D eigenvalue weighted by Crippen LogP contribution is -2.20. The minimum absolute atomic E-state index is 0.259. The zero-order chi connectivity index (χ0) is 26.6. The summed E-state index contributed by atoms with van der Waals surface area (Å²) < 4.78 is 16.5. The topological polar surface area (TPSA) is 133 Å². The lowest BCUT2D eigenvalue weighted by molar-refractivity contribution is -0.139. The third-order valence-electron chi connectivity index (χ3n) is 5.89. The van der Waals surface area contributed by atoms with Crippen LogP contribution < -0.4 is 19.5 Å². The molecule has 10 nitrogen and oxygen atoms in total. The molecule has 2 aromatic heterocycles. The maximum atomic E-state index is 12.7. The first-order valence-corrected chi connectivity index (χ1v) is 11.9. The van der Waals surface area contributed by atoms with Crippen molar-refractivity contribution in [1.82, 2.24) is 15.2 Å². The van der Waals surface area contributed by atoms with Gasteiger partial charge in [0.15, 0.2) is 5.82 Å². The van der Waals surface area contributed by atoms with E-state index in [1.807, 2.05) is 6.07 Å². The van der Waals surface area contributed by atoms with Crippen molar-refractivity contribution in [2.24, 2.45) is 0 Å². The number of carboxylic acids is 1. The van der Waals surface area contributed by atoms with Gasteiger partial charge in [-0.25, -0.2) is 4.98 Å². The third kappa shape index (κ3) is 5.35. The Balaban J connectivity index is 1.24. The number of nitrogens with zero attached hydrogens (tertiary/aromatic N) is 3. The molecule has 2 N–H and O–H groups in total. The molecule has 0 spiro atoms. The van der Waals surface area contributed by atoms with Gasteiger partial charge in [-0.2, -0.15) is 0 Å². The first-order chi connectivity index (χ1) is 18.4. The highest BCUT2D eigenvalue weighted by molar-refractivity contribution is 6.32. The van der Waals surface area contributed by atoms with Gasteiger partial charge in [-0.3, -0.25) is 9.59 Å². The van der Waals surface area contributed by atoms with Gasteiger partial charge in [0.2, 0.25) is 5.88 Å². The summed E-state index contributed by atoms with van der Waals surface area (Å²) in [6.45, 7) is 0.292. The lowest BCUT2D eigenvalue weighted by Gasteiger charge is -2.24. The highest BCUT2D eigenvalue weighted by atomic mass is 35.5. The lowest BCUT2D eigenvalue weighted by atomic mass is 9.93. The van der Waals surface area contributed by atoms with E-state index >= 15 is 0 Å². The number of aliphatic carboxylic acids is 1. The van der Waals surface area contributed by atoms with Gasteiger partial charge in [-0.15, -0.1) is 10.2 Å². The molecule has 1 aliphatic rings. The van der Waals surface area contributed by atoms with E-state index in [0.29, 0.717) is 58.8 Å². The Morgan fingerprint density at radius 2 is 1.89 bits per heavy atom. The number of pyridine rings is 1. The van der Waals surface area contributed by atoms with Gasteiger partial charge in [0.05, 0.1) is 30.4 Å². The average Bonchev–Trinajstić information content (AvgIpc) is 2.94. The fraction of sp³-hybridized carbons (Fsp3) is 0.148. The van der Waals surface area contributed by atoms with Crippen molar-refractivity contribution in [1.29, 1.82) is 0 Å². The fourth-order valence-electron chi connectivity index (χ4n) is 3.92. The molecule has 0 saturated carbocycles. The number of aromatic nitrogens is 3. The average molecular weight is 533 g/mol. The quantitative estimate of drug-likeness (QED) is 0.329. The zero-order valence-corrected chi connectivity index (χ0v) is 20.8. The van der Waals surface area contributed by atoms with Crippen LogP contribution in [0.3, 0.4) is 0 Å². The van der Waals surface area contributed by atoms with Crippen molar-refractivity contribution in [3.05, 3.63) is 83.0 Å². The van der Waals surface area contributed by atoms with Gasteiger partial charge in [0, 0.05) is 35.0 Å². The molecule has 0 aliphatic carbocycles. The summed E-state index contributed by atoms with van der Waals surface area (Å²) in [7, 11) is 1.54. The van der Waals surface area contributed by atoms with Gasteiger partial charge in [-0.1, -0.05) is 11.6 Å². The van der Waals surface area contributed by atoms with E-state index in [2.05, 4.69) is 20.5 Å². The first kappa shape index (κ1) is 25.0. The molecule has 5 rings (SSSR count). The van der Waals surface area contributed by atoms with Gasteiger partial charge < -0.3 is 24.6 Å². The molecule has 4 aromatic rings. The molecular formula is C27H21ClN4O6. The molecule has 2 aromatic carbocycles. The molecular weight excluding hydrogens is 512 g/mol. The predicted molar refractivity (Wildman–Crippen MR) is 138 cm³/mol. The first-order valence-electron chi connectivity index (χ1n) is 11.5. The van der Waals surface area contributed by atoms with E-state index < -0.39 is 11.9 Å². The molecule has 11 heteroatoms. The predicted octanol–water partition coefficient (Wildman–Crippen LogP) is 5.20. The molecule has 1 unspecified atom stereocenters. The highest BCUT2D eigenvalue weighted by Crippen LogP contribution is 2.41. The smallest absolute Gasteiger partial charge is 0.311 e. The number of carboxylic acid groups (broad SMARTS) is 1. The summed E-state index contributed by atoms with van der Waals surface area (Å²) in [5, 5.41) is 20.6. The summed E-state index contributed by atoms with van der Waals surface area (Å²) >= 11 is 6.36. The monoisotopic (exact) mass is 532 g/mol. The Morgan fingerprint density at radius 3 is 2.55 bits per heavy atom. The van der Waals surface area contributed by atoms with Crippen molar-refractivity contribution in [2.45, 2.75) is 12.3 Å². The standard InChI is InChI=1S/C27H21ClN4O6/c1-36-25-9-4-16(14-29-25)21-7-8-24(32-31-21)30-26(33)15-2-5-17(6-3-15)38-23-13-22-19(12-20(23)28)18(27(34)35)10-11-37-22/h2-9,12-14,18H,10-11H2,1H3,(H,34,35)(H,30,32,33). The van der Waals surface area contributed by atoms with Crippen LogP contribution in [0.25, 0.3) is 11.3 Å². The SMILES string of the molecule is COc1ccc(-c2ccc(NC(=O)c3ccc(Oc4cc5c(cc4Cl)C(C(=O)O)CCO5)cc3)nn2)cn1. The van der Waals surface area contributed by atoms with Gasteiger partial charge in [0.1, 0.15) is 17.2 Å². The second kappa shape index (κ2) is 10.7. The summed E-state index contributed by atoms with van der Waals surface area (Å²) in [5.41, 5.74) is 2.26.